The Labute approximate surface area is 102 Å². The Morgan fingerprint density at radius 2 is 2.24 bits per heavy atom. The summed E-state index contributed by atoms with van der Waals surface area (Å²) in [5.41, 5.74) is 1.43. The lowest BCUT2D eigenvalue weighted by atomic mass is 10.1. The van der Waals surface area contributed by atoms with Crippen LogP contribution in [0, 0.1) is 0 Å². The first-order valence-corrected chi connectivity index (χ1v) is 5.95. The normalized spacial score (nSPS) is 12.8. The Morgan fingerprint density at radius 1 is 1.59 bits per heavy atom. The van der Waals surface area contributed by atoms with E-state index in [0.717, 1.165) is 5.69 Å². The van der Waals surface area contributed by atoms with Gasteiger partial charge in [-0.25, -0.2) is 0 Å². The second-order valence-electron chi connectivity index (χ2n) is 4.49. The quantitative estimate of drug-likeness (QED) is 0.807. The van der Waals surface area contributed by atoms with Gasteiger partial charge in [0.15, 0.2) is 0 Å². The minimum atomic E-state index is -0.228. The topological polar surface area (TPSA) is 67.2 Å². The van der Waals surface area contributed by atoms with Crippen LogP contribution in [0.4, 0.5) is 0 Å². The van der Waals surface area contributed by atoms with Gasteiger partial charge in [-0.3, -0.25) is 9.48 Å². The molecule has 96 valence electrons. The predicted molar refractivity (Wildman–Crippen MR) is 65.9 cm³/mol. The maximum absolute atomic E-state index is 11.9. The number of rotatable bonds is 5. The molecule has 2 N–H and O–H groups in total. The first kappa shape index (κ1) is 13.7. The van der Waals surface area contributed by atoms with Crippen LogP contribution in [-0.2, 0) is 7.05 Å². The van der Waals surface area contributed by atoms with Gasteiger partial charge in [-0.2, -0.15) is 5.10 Å². The van der Waals surface area contributed by atoms with Crippen LogP contribution in [0.2, 0.25) is 0 Å². The fraction of sp³-hybridized carbons (Fsp3) is 0.667. The highest BCUT2D eigenvalue weighted by Gasteiger charge is 2.16. The second-order valence-corrected chi connectivity index (χ2v) is 4.49. The van der Waals surface area contributed by atoms with Gasteiger partial charge in [0.2, 0.25) is 0 Å². The highest BCUT2D eigenvalue weighted by Crippen LogP contribution is 2.14. The number of carbonyl (C=O) groups excluding carboxylic acids is 1. The number of amides is 1. The Bertz CT molecular complexity index is 381. The summed E-state index contributed by atoms with van der Waals surface area (Å²) in [6, 6.07) is 1.59. The lowest BCUT2D eigenvalue weighted by molar-refractivity contribution is 0.0909. The summed E-state index contributed by atoms with van der Waals surface area (Å²) in [7, 11) is 1.83. The van der Waals surface area contributed by atoms with Crippen LogP contribution in [0.25, 0.3) is 0 Å². The van der Waals surface area contributed by atoms with Crippen LogP contribution in [0.5, 0.6) is 0 Å². The lowest BCUT2D eigenvalue weighted by Crippen LogP contribution is -2.37. The summed E-state index contributed by atoms with van der Waals surface area (Å²) in [6.45, 7) is 5.98. The summed E-state index contributed by atoms with van der Waals surface area (Å²) in [4.78, 5) is 11.9. The molecule has 0 fully saturated rings. The van der Waals surface area contributed by atoms with Gasteiger partial charge in [0.1, 0.15) is 5.69 Å². The zero-order valence-electron chi connectivity index (χ0n) is 10.9. The van der Waals surface area contributed by atoms with E-state index in [1.165, 1.54) is 0 Å². The molecule has 0 spiro atoms. The van der Waals surface area contributed by atoms with Gasteiger partial charge in [0.05, 0.1) is 12.6 Å². The molecule has 0 bridgehead atoms. The summed E-state index contributed by atoms with van der Waals surface area (Å²) in [6.07, 6.45) is 0.701. The average Bonchev–Trinajstić information content (AvgIpc) is 2.68. The first-order chi connectivity index (χ1) is 7.99. The molecule has 1 amide bonds. The minimum absolute atomic E-state index is 0.0495. The van der Waals surface area contributed by atoms with E-state index in [0.29, 0.717) is 18.0 Å². The van der Waals surface area contributed by atoms with Gasteiger partial charge in [0, 0.05) is 12.7 Å². The summed E-state index contributed by atoms with van der Waals surface area (Å²) >= 11 is 0. The number of nitrogens with one attached hydrogen (secondary N) is 1. The number of aliphatic hydroxyl groups is 1. The van der Waals surface area contributed by atoms with Crippen LogP contribution in [0.3, 0.4) is 0 Å². The van der Waals surface area contributed by atoms with Crippen molar-refractivity contribution >= 4 is 5.91 Å². The standard InChI is InChI=1S/C12H21N3O2/c1-5-9(7-16)13-12(17)10-6-11(8(2)3)15(4)14-10/h6,8-9,16H,5,7H2,1-4H3,(H,13,17). The maximum Gasteiger partial charge on any atom is 0.272 e. The van der Waals surface area contributed by atoms with Crippen LogP contribution in [0.15, 0.2) is 6.07 Å². The minimum Gasteiger partial charge on any atom is -0.394 e. The fourth-order valence-electron chi connectivity index (χ4n) is 1.67. The van der Waals surface area contributed by atoms with Crippen molar-refractivity contribution in [3.8, 4) is 0 Å². The molecule has 0 aliphatic heterocycles. The van der Waals surface area contributed by atoms with E-state index in [4.69, 9.17) is 5.11 Å². The van der Waals surface area contributed by atoms with Crippen LogP contribution < -0.4 is 5.32 Å². The number of aryl methyl sites for hydroxylation is 1. The SMILES string of the molecule is CCC(CO)NC(=O)c1cc(C(C)C)n(C)n1. The van der Waals surface area contributed by atoms with Gasteiger partial charge in [0.25, 0.3) is 5.91 Å². The van der Waals surface area contributed by atoms with Crippen molar-refractivity contribution in [2.24, 2.45) is 7.05 Å². The van der Waals surface area contributed by atoms with Crippen molar-refractivity contribution in [1.82, 2.24) is 15.1 Å². The molecule has 1 aromatic rings. The van der Waals surface area contributed by atoms with Gasteiger partial charge < -0.3 is 10.4 Å². The molecule has 0 radical (unpaired) electrons. The monoisotopic (exact) mass is 239 g/mol. The summed E-state index contributed by atoms with van der Waals surface area (Å²) in [5.74, 6) is 0.0993. The Balaban J connectivity index is 2.79. The van der Waals surface area contributed by atoms with Gasteiger partial charge >= 0.3 is 0 Å². The molecule has 1 atom stereocenters. The van der Waals surface area contributed by atoms with E-state index in [-0.39, 0.29) is 18.6 Å². The van der Waals surface area contributed by atoms with Crippen LogP contribution in [-0.4, -0.2) is 33.4 Å². The molecule has 0 saturated heterocycles. The van der Waals surface area contributed by atoms with Gasteiger partial charge in [-0.15, -0.1) is 0 Å². The van der Waals surface area contributed by atoms with Crippen molar-refractivity contribution in [3.05, 3.63) is 17.5 Å². The molecule has 17 heavy (non-hydrogen) atoms. The molecule has 1 heterocycles. The third-order valence-electron chi connectivity index (χ3n) is 2.79. The van der Waals surface area contributed by atoms with Crippen LogP contribution >= 0.6 is 0 Å². The van der Waals surface area contributed by atoms with Crippen molar-refractivity contribution in [3.63, 3.8) is 0 Å². The maximum atomic E-state index is 11.9. The van der Waals surface area contributed by atoms with Crippen LogP contribution in [0.1, 0.15) is 49.3 Å². The zero-order chi connectivity index (χ0) is 13.0. The zero-order valence-corrected chi connectivity index (χ0v) is 10.9. The molecule has 5 nitrogen and oxygen atoms in total. The number of carbonyl (C=O) groups is 1. The summed E-state index contributed by atoms with van der Waals surface area (Å²) in [5, 5.41) is 16.0. The molecule has 0 aliphatic carbocycles. The molecule has 0 saturated carbocycles. The molecular formula is C12H21N3O2. The lowest BCUT2D eigenvalue weighted by Gasteiger charge is -2.12. The smallest absolute Gasteiger partial charge is 0.272 e. The average molecular weight is 239 g/mol. The molecule has 1 aromatic heterocycles. The Hall–Kier alpha value is -1.36. The van der Waals surface area contributed by atoms with Crippen molar-refractivity contribution in [2.75, 3.05) is 6.61 Å². The second kappa shape index (κ2) is 5.82. The number of hydrogen-bond donors (Lipinski definition) is 2. The molecule has 0 aliphatic rings. The van der Waals surface area contributed by atoms with Gasteiger partial charge in [-0.05, 0) is 18.4 Å². The largest absolute Gasteiger partial charge is 0.394 e. The highest BCUT2D eigenvalue weighted by atomic mass is 16.3. The molecule has 1 unspecified atom stereocenters. The van der Waals surface area contributed by atoms with E-state index in [1.54, 1.807) is 10.7 Å². The van der Waals surface area contributed by atoms with E-state index < -0.39 is 0 Å². The Kier molecular flexibility index (Phi) is 4.69. The molecule has 5 heteroatoms. The molecular weight excluding hydrogens is 218 g/mol. The fourth-order valence-corrected chi connectivity index (χ4v) is 1.67. The molecule has 1 rings (SSSR count). The van der Waals surface area contributed by atoms with Crippen molar-refractivity contribution < 1.29 is 9.90 Å². The summed E-state index contributed by atoms with van der Waals surface area (Å²) < 4.78 is 1.72. The van der Waals surface area contributed by atoms with Gasteiger partial charge in [-0.1, -0.05) is 20.8 Å². The third kappa shape index (κ3) is 3.30. The van der Waals surface area contributed by atoms with E-state index in [2.05, 4.69) is 24.3 Å². The number of nitrogens with zero attached hydrogens (tertiary/aromatic N) is 2. The van der Waals surface area contributed by atoms with Crippen molar-refractivity contribution in [1.29, 1.82) is 0 Å². The number of hydrogen-bond acceptors (Lipinski definition) is 3. The molecule has 0 aromatic carbocycles. The third-order valence-corrected chi connectivity index (χ3v) is 2.79. The predicted octanol–water partition coefficient (Wildman–Crippen LogP) is 1.04. The van der Waals surface area contributed by atoms with E-state index in [9.17, 15) is 4.79 Å². The number of aromatic nitrogens is 2. The van der Waals surface area contributed by atoms with Crippen molar-refractivity contribution in [2.45, 2.75) is 39.2 Å². The van der Waals surface area contributed by atoms with E-state index in [1.807, 2.05) is 14.0 Å². The number of aliphatic hydroxyl groups excluding tert-OH is 1. The first-order valence-electron chi connectivity index (χ1n) is 5.95. The Morgan fingerprint density at radius 3 is 2.65 bits per heavy atom. The highest BCUT2D eigenvalue weighted by molar-refractivity contribution is 5.92. The van der Waals surface area contributed by atoms with E-state index >= 15 is 0 Å².